The van der Waals surface area contributed by atoms with Crippen molar-refractivity contribution < 1.29 is 66.9 Å². The molecule has 4 aromatic carbocycles. The lowest BCUT2D eigenvalue weighted by Crippen LogP contribution is -2.50. The number of rotatable bonds is 13. The summed E-state index contributed by atoms with van der Waals surface area (Å²) in [6.07, 6.45) is -19.9. The van der Waals surface area contributed by atoms with Crippen LogP contribution in [0.2, 0.25) is 0 Å². The van der Waals surface area contributed by atoms with E-state index in [1.807, 2.05) is 25.7 Å². The van der Waals surface area contributed by atoms with Gasteiger partial charge in [0.15, 0.2) is 0 Å². The zero-order valence-corrected chi connectivity index (χ0v) is 39.7. The molecule has 0 fully saturated rings. The SMILES string of the molecule is CCc1c(-c2cc(C(C)(C)C)c(OC)c(-c3cc(C(F)(F)F)cc(C(F)(F)F)c3)c2CN(C)[C@@H](C)C(CC)(CC)OC)cc(C(C)(C)C)c(OC)c1-c1cc(C(F)(F)F)cc(C(F)(F)F)c1. The zero-order chi connectivity index (χ0) is 50.5. The molecule has 4 aromatic rings. The molecule has 16 heteroatoms. The molecule has 0 unspecified atom stereocenters. The maximum absolute atomic E-state index is 14.7. The van der Waals surface area contributed by atoms with Gasteiger partial charge >= 0.3 is 24.7 Å². The lowest BCUT2D eigenvalue weighted by molar-refractivity contribution is -0.144. The van der Waals surface area contributed by atoms with E-state index < -0.39 is 80.6 Å². The van der Waals surface area contributed by atoms with Gasteiger partial charge in [-0.1, -0.05) is 62.3 Å². The van der Waals surface area contributed by atoms with Crippen LogP contribution >= 0.6 is 0 Å². The minimum absolute atomic E-state index is 0.0175. The van der Waals surface area contributed by atoms with Crippen molar-refractivity contribution in [2.45, 2.75) is 142 Å². The van der Waals surface area contributed by atoms with Crippen molar-refractivity contribution in [3.05, 3.63) is 93.0 Å². The van der Waals surface area contributed by atoms with E-state index in [9.17, 15) is 52.7 Å². The molecule has 366 valence electrons. The molecule has 0 N–H and O–H groups in total. The Morgan fingerprint density at radius 3 is 1.08 bits per heavy atom. The zero-order valence-electron chi connectivity index (χ0n) is 39.7. The molecule has 0 heterocycles. The fourth-order valence-electron chi connectivity index (χ4n) is 8.85. The van der Waals surface area contributed by atoms with E-state index in [2.05, 4.69) is 0 Å². The van der Waals surface area contributed by atoms with E-state index in [0.717, 1.165) is 0 Å². The van der Waals surface area contributed by atoms with Crippen molar-refractivity contribution in [3.8, 4) is 44.9 Å². The van der Waals surface area contributed by atoms with Crippen LogP contribution in [0, 0.1) is 0 Å². The van der Waals surface area contributed by atoms with Crippen LogP contribution in [0.3, 0.4) is 0 Å². The molecule has 0 aliphatic carbocycles. The van der Waals surface area contributed by atoms with E-state index in [1.165, 1.54) is 21.3 Å². The molecule has 66 heavy (non-hydrogen) atoms. The Morgan fingerprint density at radius 1 is 0.500 bits per heavy atom. The maximum Gasteiger partial charge on any atom is 0.416 e. The van der Waals surface area contributed by atoms with Gasteiger partial charge < -0.3 is 14.2 Å². The molecule has 0 amide bonds. The third kappa shape index (κ3) is 11.0. The Morgan fingerprint density at radius 2 is 0.818 bits per heavy atom. The first kappa shape index (κ1) is 54.2. The number of methoxy groups -OCH3 is 3. The van der Waals surface area contributed by atoms with Crippen LogP contribution in [0.1, 0.15) is 127 Å². The number of benzene rings is 4. The molecule has 1 atom stereocenters. The van der Waals surface area contributed by atoms with Gasteiger partial charge in [-0.2, -0.15) is 52.7 Å². The normalized spacial score (nSPS) is 14.0. The lowest BCUT2D eigenvalue weighted by Gasteiger charge is -2.42. The summed E-state index contributed by atoms with van der Waals surface area (Å²) in [5.74, 6) is -0.0506. The van der Waals surface area contributed by atoms with E-state index in [0.29, 0.717) is 48.2 Å². The van der Waals surface area contributed by atoms with E-state index in [4.69, 9.17) is 14.2 Å². The Hall–Kier alpha value is -4.44. The van der Waals surface area contributed by atoms with Crippen molar-refractivity contribution in [3.63, 3.8) is 0 Å². The van der Waals surface area contributed by atoms with E-state index >= 15 is 0 Å². The Kier molecular flexibility index (Phi) is 15.5. The number of hydrogen-bond donors (Lipinski definition) is 0. The monoisotopic (exact) mass is 949 g/mol. The summed E-state index contributed by atoms with van der Waals surface area (Å²) in [5, 5.41) is 0. The summed E-state index contributed by atoms with van der Waals surface area (Å²) in [4.78, 5) is 1.84. The number of nitrogens with zero attached hydrogens (tertiary/aromatic N) is 1. The average molecular weight is 950 g/mol. The molecule has 4 rings (SSSR count). The van der Waals surface area contributed by atoms with Gasteiger partial charge in [0.2, 0.25) is 0 Å². The van der Waals surface area contributed by atoms with Crippen LogP contribution in [0.25, 0.3) is 33.4 Å². The second kappa shape index (κ2) is 18.9. The highest BCUT2D eigenvalue weighted by atomic mass is 19.4. The predicted octanol–water partition coefficient (Wildman–Crippen LogP) is 16.0. The summed E-state index contributed by atoms with van der Waals surface area (Å²) < 4.78 is 193. The van der Waals surface area contributed by atoms with Crippen molar-refractivity contribution in [2.75, 3.05) is 28.4 Å². The third-order valence-electron chi connectivity index (χ3n) is 12.6. The Bertz CT molecular complexity index is 2300. The molecule has 0 aliphatic heterocycles. The van der Waals surface area contributed by atoms with Gasteiger partial charge in [-0.25, -0.2) is 0 Å². The molecule has 4 nitrogen and oxygen atoms in total. The molecule has 0 aliphatic rings. The second-order valence-electron chi connectivity index (χ2n) is 18.7. The molecule has 0 saturated heterocycles. The Balaban J connectivity index is 2.49. The minimum atomic E-state index is -5.23. The van der Waals surface area contributed by atoms with Crippen molar-refractivity contribution in [2.24, 2.45) is 0 Å². The van der Waals surface area contributed by atoms with Crippen molar-refractivity contribution in [1.29, 1.82) is 0 Å². The molecule has 0 radical (unpaired) electrons. The molecular formula is C50H59F12NO3. The fraction of sp³-hybridized carbons (Fsp3) is 0.520. The highest BCUT2D eigenvalue weighted by Gasteiger charge is 2.42. The summed E-state index contributed by atoms with van der Waals surface area (Å²) in [6.45, 7) is 17.7. The third-order valence-corrected chi connectivity index (χ3v) is 12.6. The van der Waals surface area contributed by atoms with E-state index in [1.54, 1.807) is 67.6 Å². The first-order valence-electron chi connectivity index (χ1n) is 21.4. The summed E-state index contributed by atoms with van der Waals surface area (Å²) in [6, 6.07) is 5.45. The van der Waals surface area contributed by atoms with Gasteiger partial charge in [0.25, 0.3) is 0 Å². The van der Waals surface area contributed by atoms with Gasteiger partial charge in [0.1, 0.15) is 11.5 Å². The van der Waals surface area contributed by atoms with Gasteiger partial charge in [0.05, 0.1) is 42.1 Å². The summed E-state index contributed by atoms with van der Waals surface area (Å²) >= 11 is 0. The smallest absolute Gasteiger partial charge is 0.416 e. The van der Waals surface area contributed by atoms with Gasteiger partial charge in [-0.05, 0) is 126 Å². The van der Waals surface area contributed by atoms with Gasteiger partial charge in [-0.15, -0.1) is 0 Å². The first-order chi connectivity index (χ1) is 30.1. The highest BCUT2D eigenvalue weighted by Crippen LogP contribution is 2.53. The lowest BCUT2D eigenvalue weighted by atomic mass is 9.75. The van der Waals surface area contributed by atoms with Crippen molar-refractivity contribution >= 4 is 0 Å². The minimum Gasteiger partial charge on any atom is -0.496 e. The molecule has 0 spiro atoms. The number of ether oxygens (including phenoxy) is 3. The highest BCUT2D eigenvalue weighted by molar-refractivity contribution is 5.91. The van der Waals surface area contributed by atoms with Crippen LogP contribution in [0.4, 0.5) is 52.7 Å². The first-order valence-corrected chi connectivity index (χ1v) is 21.4. The molecule has 0 bridgehead atoms. The fourth-order valence-corrected chi connectivity index (χ4v) is 8.85. The summed E-state index contributed by atoms with van der Waals surface area (Å²) in [7, 11) is 5.75. The van der Waals surface area contributed by atoms with Gasteiger partial charge in [0, 0.05) is 42.0 Å². The molecule has 0 saturated carbocycles. The van der Waals surface area contributed by atoms with Crippen molar-refractivity contribution in [1.82, 2.24) is 4.90 Å². The van der Waals surface area contributed by atoms with Crippen LogP contribution in [0.15, 0.2) is 48.5 Å². The number of halogens is 12. The van der Waals surface area contributed by atoms with E-state index in [-0.39, 0.29) is 70.0 Å². The molecular weight excluding hydrogens is 891 g/mol. The molecule has 0 aromatic heterocycles. The number of likely N-dealkylation sites (N-methyl/N-ethyl adjacent to an activating group) is 1. The van der Waals surface area contributed by atoms with Crippen LogP contribution in [-0.2, 0) is 53.2 Å². The van der Waals surface area contributed by atoms with Crippen LogP contribution in [-0.4, -0.2) is 44.9 Å². The Labute approximate surface area is 379 Å². The average Bonchev–Trinajstić information content (AvgIpc) is 3.20. The van der Waals surface area contributed by atoms with Crippen LogP contribution < -0.4 is 9.47 Å². The van der Waals surface area contributed by atoms with Gasteiger partial charge in [-0.3, -0.25) is 4.90 Å². The van der Waals surface area contributed by atoms with Crippen LogP contribution in [0.5, 0.6) is 11.5 Å². The second-order valence-corrected chi connectivity index (χ2v) is 18.7. The predicted molar refractivity (Wildman–Crippen MR) is 234 cm³/mol. The largest absolute Gasteiger partial charge is 0.496 e. The number of hydrogen-bond acceptors (Lipinski definition) is 4. The quantitative estimate of drug-likeness (QED) is 0.125. The number of alkyl halides is 12. The standard InChI is InChI=1S/C50H59F12NO3/c1-15-34-35(24-38(44(5,6)7)42(64-12)40(34)28-18-30(47(51,52)53)22-31(19-28)48(54,55)56)36-25-39(45(8,9)10)43(65-13)41(37(36)26-63(11)27(4)46(16-2,17-3)66-14)29-20-32(49(57,58)59)23-33(21-29)50(60,61)62/h18-25,27H,15-17,26H2,1-14H3/t27-/m0/s1. The topological polar surface area (TPSA) is 30.9 Å². The maximum atomic E-state index is 14.7. The summed E-state index contributed by atoms with van der Waals surface area (Å²) in [5.41, 5.74) is -8.60.